The van der Waals surface area contributed by atoms with Crippen LogP contribution in [0.4, 0.5) is 4.39 Å². The molecule has 1 aromatic carbocycles. The molecule has 2 atom stereocenters. The molecule has 0 saturated carbocycles. The molecule has 0 radical (unpaired) electrons. The first kappa shape index (κ1) is 11.4. The van der Waals surface area contributed by atoms with Crippen LogP contribution in [0.1, 0.15) is 24.9 Å². The van der Waals surface area contributed by atoms with E-state index in [1.54, 1.807) is 0 Å². The number of hydrogen-bond acceptors (Lipinski definition) is 2. The van der Waals surface area contributed by atoms with Gasteiger partial charge >= 0.3 is 0 Å². The molecule has 4 N–H and O–H groups in total. The van der Waals surface area contributed by atoms with Crippen LogP contribution in [-0.4, -0.2) is 6.04 Å². The Kier molecular flexibility index (Phi) is 3.86. The Hall–Kier alpha value is -0.640. The average Bonchev–Trinajstić information content (AvgIpc) is 2.19. The maximum atomic E-state index is 12.9. The minimum Gasteiger partial charge on any atom is -0.326 e. The fourth-order valence-electron chi connectivity index (χ4n) is 1.25. The van der Waals surface area contributed by atoms with Gasteiger partial charge in [-0.3, -0.25) is 0 Å². The van der Waals surface area contributed by atoms with Crippen molar-refractivity contribution in [2.75, 3.05) is 0 Å². The van der Waals surface area contributed by atoms with Gasteiger partial charge in [0.05, 0.1) is 0 Å². The lowest BCUT2D eigenvalue weighted by atomic mass is 9.99. The van der Waals surface area contributed by atoms with Gasteiger partial charge in [-0.05, 0) is 30.2 Å². The number of benzene rings is 1. The van der Waals surface area contributed by atoms with E-state index in [1.807, 2.05) is 6.92 Å². The molecule has 1 rings (SSSR count). The molecule has 2 unspecified atom stereocenters. The first-order valence-corrected chi connectivity index (χ1v) is 4.90. The highest BCUT2D eigenvalue weighted by atomic mass is 35.5. The Morgan fingerprint density at radius 3 is 2.64 bits per heavy atom. The third kappa shape index (κ3) is 2.44. The minimum atomic E-state index is -0.414. The van der Waals surface area contributed by atoms with Crippen molar-refractivity contribution in [3.8, 4) is 0 Å². The summed E-state index contributed by atoms with van der Waals surface area (Å²) in [4.78, 5) is 0. The van der Waals surface area contributed by atoms with E-state index in [4.69, 9.17) is 23.1 Å². The molecule has 0 aliphatic heterocycles. The summed E-state index contributed by atoms with van der Waals surface area (Å²) >= 11 is 5.89. The van der Waals surface area contributed by atoms with E-state index in [0.29, 0.717) is 10.6 Å². The zero-order valence-electron chi connectivity index (χ0n) is 8.00. The molecule has 0 saturated heterocycles. The highest BCUT2D eigenvalue weighted by Crippen LogP contribution is 2.24. The van der Waals surface area contributed by atoms with Crippen molar-refractivity contribution >= 4 is 11.6 Å². The normalized spacial score (nSPS) is 15.2. The Morgan fingerprint density at radius 2 is 2.07 bits per heavy atom. The third-order valence-corrected chi connectivity index (χ3v) is 2.59. The minimum absolute atomic E-state index is 0.200. The molecule has 0 bridgehead atoms. The van der Waals surface area contributed by atoms with E-state index in [-0.39, 0.29) is 11.9 Å². The van der Waals surface area contributed by atoms with Crippen LogP contribution in [0.15, 0.2) is 18.2 Å². The summed E-state index contributed by atoms with van der Waals surface area (Å²) in [6.45, 7) is 1.93. The molecule has 0 fully saturated rings. The zero-order chi connectivity index (χ0) is 10.7. The molecular weight excluding hydrogens is 203 g/mol. The molecule has 0 aliphatic carbocycles. The lowest BCUT2D eigenvalue weighted by Gasteiger charge is -2.19. The topological polar surface area (TPSA) is 52.0 Å². The van der Waals surface area contributed by atoms with E-state index >= 15 is 0 Å². The second-order valence-corrected chi connectivity index (χ2v) is 3.67. The number of halogens is 2. The van der Waals surface area contributed by atoms with Gasteiger partial charge in [0.25, 0.3) is 0 Å². The molecule has 0 amide bonds. The molecule has 0 heterocycles. The zero-order valence-corrected chi connectivity index (χ0v) is 8.76. The molecule has 0 spiro atoms. The summed E-state index contributed by atoms with van der Waals surface area (Å²) in [7, 11) is 0. The second kappa shape index (κ2) is 4.73. The summed E-state index contributed by atoms with van der Waals surface area (Å²) in [6, 6.07) is 3.52. The molecule has 4 heteroatoms. The predicted molar refractivity (Wildman–Crippen MR) is 56.6 cm³/mol. The maximum Gasteiger partial charge on any atom is 0.123 e. The van der Waals surface area contributed by atoms with E-state index in [2.05, 4.69) is 0 Å². The van der Waals surface area contributed by atoms with Crippen LogP contribution in [0.3, 0.4) is 0 Å². The van der Waals surface area contributed by atoms with E-state index in [0.717, 1.165) is 6.42 Å². The lowest BCUT2D eigenvalue weighted by Crippen LogP contribution is -2.33. The number of nitrogens with two attached hydrogens (primary N) is 2. The van der Waals surface area contributed by atoms with Crippen LogP contribution in [-0.2, 0) is 0 Å². The third-order valence-electron chi connectivity index (χ3n) is 2.25. The largest absolute Gasteiger partial charge is 0.326 e. The van der Waals surface area contributed by atoms with Gasteiger partial charge in [-0.25, -0.2) is 4.39 Å². The van der Waals surface area contributed by atoms with Crippen molar-refractivity contribution in [1.82, 2.24) is 0 Å². The van der Waals surface area contributed by atoms with Crippen LogP contribution in [0.25, 0.3) is 0 Å². The van der Waals surface area contributed by atoms with Gasteiger partial charge < -0.3 is 11.5 Å². The van der Waals surface area contributed by atoms with E-state index < -0.39 is 6.04 Å². The number of rotatable bonds is 3. The first-order chi connectivity index (χ1) is 6.56. The second-order valence-electron chi connectivity index (χ2n) is 3.26. The Labute approximate surface area is 88.0 Å². The fourth-order valence-corrected chi connectivity index (χ4v) is 1.50. The first-order valence-electron chi connectivity index (χ1n) is 4.52. The Bertz CT molecular complexity index is 317. The molecule has 78 valence electrons. The SMILES string of the molecule is CCC(N)C(N)c1cc(F)ccc1Cl. The molecule has 0 aliphatic rings. The van der Waals surface area contributed by atoms with Crippen LogP contribution in [0, 0.1) is 5.82 Å². The smallest absolute Gasteiger partial charge is 0.123 e. The van der Waals surface area contributed by atoms with Crippen molar-refractivity contribution in [1.29, 1.82) is 0 Å². The fraction of sp³-hybridized carbons (Fsp3) is 0.400. The van der Waals surface area contributed by atoms with Crippen LogP contribution >= 0.6 is 11.6 Å². The van der Waals surface area contributed by atoms with Gasteiger partial charge in [0, 0.05) is 17.1 Å². The summed E-state index contributed by atoms with van der Waals surface area (Å²) in [5.41, 5.74) is 12.2. The Balaban J connectivity index is 2.99. The maximum absolute atomic E-state index is 12.9. The van der Waals surface area contributed by atoms with Crippen molar-refractivity contribution in [2.24, 2.45) is 11.5 Å². The van der Waals surface area contributed by atoms with Crippen molar-refractivity contribution in [3.63, 3.8) is 0 Å². The van der Waals surface area contributed by atoms with Gasteiger partial charge in [0.1, 0.15) is 5.82 Å². The van der Waals surface area contributed by atoms with Gasteiger partial charge in [0.2, 0.25) is 0 Å². The van der Waals surface area contributed by atoms with Crippen LogP contribution in [0.2, 0.25) is 5.02 Å². The van der Waals surface area contributed by atoms with E-state index in [9.17, 15) is 4.39 Å². The quantitative estimate of drug-likeness (QED) is 0.814. The number of hydrogen-bond donors (Lipinski definition) is 2. The summed E-state index contributed by atoms with van der Waals surface area (Å²) in [6.07, 6.45) is 0.730. The van der Waals surface area contributed by atoms with Crippen molar-refractivity contribution in [2.45, 2.75) is 25.4 Å². The molecule has 1 aromatic rings. The predicted octanol–water partition coefficient (Wildman–Crippen LogP) is 2.22. The molecule has 2 nitrogen and oxygen atoms in total. The Morgan fingerprint density at radius 1 is 1.43 bits per heavy atom. The van der Waals surface area contributed by atoms with Crippen LogP contribution in [0.5, 0.6) is 0 Å². The standard InChI is InChI=1S/C10H14ClFN2/c1-2-9(13)10(14)7-5-6(12)3-4-8(7)11/h3-5,9-10H,2,13-14H2,1H3. The van der Waals surface area contributed by atoms with Crippen molar-refractivity contribution in [3.05, 3.63) is 34.6 Å². The van der Waals surface area contributed by atoms with Gasteiger partial charge in [-0.1, -0.05) is 18.5 Å². The van der Waals surface area contributed by atoms with Crippen LogP contribution < -0.4 is 11.5 Å². The molecular formula is C10H14ClFN2. The lowest BCUT2D eigenvalue weighted by molar-refractivity contribution is 0.528. The summed E-state index contributed by atoms with van der Waals surface area (Å²) in [5.74, 6) is -0.344. The summed E-state index contributed by atoms with van der Waals surface area (Å²) in [5, 5.41) is 0.461. The van der Waals surface area contributed by atoms with Gasteiger partial charge in [0.15, 0.2) is 0 Å². The highest BCUT2D eigenvalue weighted by Gasteiger charge is 2.16. The molecule has 0 aromatic heterocycles. The van der Waals surface area contributed by atoms with Gasteiger partial charge in [-0.2, -0.15) is 0 Å². The molecule has 14 heavy (non-hydrogen) atoms. The monoisotopic (exact) mass is 216 g/mol. The van der Waals surface area contributed by atoms with Gasteiger partial charge in [-0.15, -0.1) is 0 Å². The highest BCUT2D eigenvalue weighted by molar-refractivity contribution is 6.31. The van der Waals surface area contributed by atoms with E-state index in [1.165, 1.54) is 18.2 Å². The summed E-state index contributed by atoms with van der Waals surface area (Å²) < 4.78 is 12.9. The van der Waals surface area contributed by atoms with Crippen molar-refractivity contribution < 1.29 is 4.39 Å². The average molecular weight is 217 g/mol.